The number of carbonyl (C=O) groups excluding carboxylic acids is 2. The maximum Gasteiger partial charge on any atom is 0.243 e. The highest BCUT2D eigenvalue weighted by atomic mass is 32.2. The summed E-state index contributed by atoms with van der Waals surface area (Å²) in [5.41, 5.74) is 3.79. The zero-order chi connectivity index (χ0) is 20.8. The third-order valence-electron chi connectivity index (χ3n) is 5.75. The van der Waals surface area contributed by atoms with Gasteiger partial charge in [0.15, 0.2) is 0 Å². The van der Waals surface area contributed by atoms with Crippen molar-refractivity contribution in [1.82, 2.24) is 9.62 Å². The van der Waals surface area contributed by atoms with Crippen LogP contribution in [0, 0.1) is 0 Å². The third kappa shape index (κ3) is 3.72. The van der Waals surface area contributed by atoms with E-state index in [0.717, 1.165) is 22.3 Å². The summed E-state index contributed by atoms with van der Waals surface area (Å²) in [6.45, 7) is 4.74. The van der Waals surface area contributed by atoms with Crippen molar-refractivity contribution < 1.29 is 18.0 Å². The van der Waals surface area contributed by atoms with E-state index in [2.05, 4.69) is 19.2 Å². The zero-order valence-corrected chi connectivity index (χ0v) is 17.3. The Balaban J connectivity index is 1.55. The van der Waals surface area contributed by atoms with Gasteiger partial charge >= 0.3 is 0 Å². The van der Waals surface area contributed by atoms with Gasteiger partial charge in [0.2, 0.25) is 21.8 Å². The fourth-order valence-corrected chi connectivity index (χ4v) is 5.35. The summed E-state index contributed by atoms with van der Waals surface area (Å²) < 4.78 is 27.6. The van der Waals surface area contributed by atoms with Crippen LogP contribution in [0.15, 0.2) is 47.4 Å². The lowest BCUT2D eigenvalue weighted by Crippen LogP contribution is -2.39. The van der Waals surface area contributed by atoms with Gasteiger partial charge < -0.3 is 0 Å². The predicted octanol–water partition coefficient (Wildman–Crippen LogP) is 3.03. The Morgan fingerprint density at radius 2 is 1.69 bits per heavy atom. The molecule has 0 radical (unpaired) electrons. The van der Waals surface area contributed by atoms with Crippen LogP contribution in [0.25, 0.3) is 0 Å². The number of rotatable bonds is 4. The maximum atomic E-state index is 13.1. The summed E-state index contributed by atoms with van der Waals surface area (Å²) >= 11 is 0. The summed E-state index contributed by atoms with van der Waals surface area (Å²) in [5.74, 6) is -0.553. The molecule has 0 spiro atoms. The van der Waals surface area contributed by atoms with Crippen molar-refractivity contribution in [2.75, 3.05) is 0 Å². The molecule has 2 aliphatic rings. The van der Waals surface area contributed by atoms with Crippen LogP contribution in [0.2, 0.25) is 0 Å². The molecule has 2 heterocycles. The normalized spacial score (nSPS) is 20.0. The summed E-state index contributed by atoms with van der Waals surface area (Å²) in [4.78, 5) is 23.8. The Morgan fingerprint density at radius 3 is 2.34 bits per heavy atom. The van der Waals surface area contributed by atoms with E-state index in [1.807, 2.05) is 30.3 Å². The topological polar surface area (TPSA) is 83.6 Å². The van der Waals surface area contributed by atoms with E-state index in [-0.39, 0.29) is 24.3 Å². The van der Waals surface area contributed by atoms with Gasteiger partial charge in [0.25, 0.3) is 0 Å². The van der Waals surface area contributed by atoms with Crippen LogP contribution in [0.4, 0.5) is 0 Å². The molecule has 0 aromatic heterocycles. The molecule has 29 heavy (non-hydrogen) atoms. The lowest BCUT2D eigenvalue weighted by molar-refractivity contribution is -0.134. The molecule has 1 saturated heterocycles. The van der Waals surface area contributed by atoms with Gasteiger partial charge in [-0.25, -0.2) is 8.42 Å². The fraction of sp³-hybridized carbons (Fsp3) is 0.364. The van der Waals surface area contributed by atoms with E-state index in [1.165, 1.54) is 4.31 Å². The number of benzene rings is 2. The number of nitrogens with zero attached hydrogens (tertiary/aromatic N) is 1. The quantitative estimate of drug-likeness (QED) is 0.783. The molecule has 7 heteroatoms. The number of sulfonamides is 1. The van der Waals surface area contributed by atoms with Crippen LogP contribution in [0.5, 0.6) is 0 Å². The minimum absolute atomic E-state index is 0.242. The smallest absolute Gasteiger partial charge is 0.243 e. The van der Waals surface area contributed by atoms with Gasteiger partial charge in [0.05, 0.1) is 10.8 Å². The Bertz CT molecular complexity index is 1070. The second-order valence-electron chi connectivity index (χ2n) is 8.03. The average molecular weight is 413 g/mol. The highest BCUT2D eigenvalue weighted by Gasteiger charge is 2.33. The van der Waals surface area contributed by atoms with Crippen molar-refractivity contribution in [3.8, 4) is 0 Å². The third-order valence-corrected chi connectivity index (χ3v) is 7.56. The average Bonchev–Trinajstić information content (AvgIpc) is 3.12. The lowest BCUT2D eigenvalue weighted by Gasteiger charge is -2.21. The molecule has 1 fully saturated rings. The van der Waals surface area contributed by atoms with Gasteiger partial charge in [-0.15, -0.1) is 0 Å². The van der Waals surface area contributed by atoms with Crippen LogP contribution < -0.4 is 5.32 Å². The first-order valence-corrected chi connectivity index (χ1v) is 11.2. The molecule has 1 unspecified atom stereocenters. The highest BCUT2D eigenvalue weighted by molar-refractivity contribution is 7.89. The van der Waals surface area contributed by atoms with Gasteiger partial charge in [-0.1, -0.05) is 44.2 Å². The molecule has 1 N–H and O–H groups in total. The molecule has 2 aromatic rings. The monoisotopic (exact) mass is 412 g/mol. The number of imide groups is 1. The van der Waals surface area contributed by atoms with Gasteiger partial charge in [0.1, 0.15) is 0 Å². The molecule has 4 rings (SSSR count). The molecule has 0 saturated carbocycles. The van der Waals surface area contributed by atoms with Gasteiger partial charge in [-0.2, -0.15) is 4.31 Å². The largest absolute Gasteiger partial charge is 0.296 e. The lowest BCUT2D eigenvalue weighted by atomic mass is 9.89. The van der Waals surface area contributed by atoms with E-state index in [0.29, 0.717) is 30.2 Å². The first kappa shape index (κ1) is 19.8. The number of piperidine rings is 1. The van der Waals surface area contributed by atoms with Crippen LogP contribution in [0.3, 0.4) is 0 Å². The van der Waals surface area contributed by atoms with Crippen molar-refractivity contribution in [3.05, 3.63) is 64.7 Å². The number of carbonyl (C=O) groups is 2. The first-order valence-electron chi connectivity index (χ1n) is 9.81. The SMILES string of the molecule is CC(C)c1ccc(S(=O)(=O)N2Cc3ccc(C4CCC(=O)NC4=O)cc3C2)cc1. The van der Waals surface area contributed by atoms with Crippen molar-refractivity contribution in [1.29, 1.82) is 0 Å². The predicted molar refractivity (Wildman–Crippen MR) is 109 cm³/mol. The Kier molecular flexibility index (Phi) is 5.04. The van der Waals surface area contributed by atoms with Gasteiger partial charge in [0, 0.05) is 19.5 Å². The molecule has 2 aliphatic heterocycles. The number of fused-ring (bicyclic) bond motifs is 1. The minimum Gasteiger partial charge on any atom is -0.296 e. The van der Waals surface area contributed by atoms with Crippen molar-refractivity contribution in [2.24, 2.45) is 0 Å². The maximum absolute atomic E-state index is 13.1. The van der Waals surface area contributed by atoms with E-state index in [4.69, 9.17) is 0 Å². The number of amides is 2. The summed E-state index contributed by atoms with van der Waals surface area (Å²) in [5, 5.41) is 2.38. The molecule has 2 aromatic carbocycles. The van der Waals surface area contributed by atoms with E-state index in [1.54, 1.807) is 12.1 Å². The van der Waals surface area contributed by atoms with Gasteiger partial charge in [-0.3, -0.25) is 14.9 Å². The molecule has 0 bridgehead atoms. The fourth-order valence-electron chi connectivity index (χ4n) is 3.96. The van der Waals surface area contributed by atoms with E-state index >= 15 is 0 Å². The summed E-state index contributed by atoms with van der Waals surface area (Å²) in [7, 11) is -3.60. The van der Waals surface area contributed by atoms with E-state index in [9.17, 15) is 18.0 Å². The number of nitrogens with one attached hydrogen (secondary N) is 1. The second-order valence-corrected chi connectivity index (χ2v) is 9.97. The van der Waals surface area contributed by atoms with Crippen LogP contribution in [-0.2, 0) is 32.7 Å². The molecule has 1 atom stereocenters. The zero-order valence-electron chi connectivity index (χ0n) is 16.5. The summed E-state index contributed by atoms with van der Waals surface area (Å²) in [6.07, 6.45) is 0.800. The molecular formula is C22H24N2O4S. The molecular weight excluding hydrogens is 388 g/mol. The molecule has 0 aliphatic carbocycles. The second kappa shape index (κ2) is 7.39. The van der Waals surface area contributed by atoms with Gasteiger partial charge in [-0.05, 0) is 46.7 Å². The van der Waals surface area contributed by atoms with Crippen molar-refractivity contribution in [2.45, 2.75) is 56.5 Å². The molecule has 6 nitrogen and oxygen atoms in total. The Hall–Kier alpha value is -2.51. The number of hydrogen-bond acceptors (Lipinski definition) is 4. The van der Waals surface area contributed by atoms with Crippen molar-refractivity contribution >= 4 is 21.8 Å². The van der Waals surface area contributed by atoms with E-state index < -0.39 is 10.0 Å². The Labute approximate surface area is 171 Å². The van der Waals surface area contributed by atoms with Crippen LogP contribution in [0.1, 0.15) is 60.8 Å². The standard InChI is InChI=1S/C22H24N2O4S/c1-14(2)15-5-7-19(8-6-15)29(27,28)24-12-17-4-3-16(11-18(17)13-24)20-9-10-21(25)23-22(20)26/h3-8,11,14,20H,9-10,12-13H2,1-2H3,(H,23,25,26). The molecule has 2 amide bonds. The van der Waals surface area contributed by atoms with Crippen LogP contribution >= 0.6 is 0 Å². The minimum atomic E-state index is -3.60. The highest BCUT2D eigenvalue weighted by Crippen LogP contribution is 2.33. The number of hydrogen-bond donors (Lipinski definition) is 1. The first-order chi connectivity index (χ1) is 13.8. The Morgan fingerprint density at radius 1 is 1.00 bits per heavy atom. The van der Waals surface area contributed by atoms with Crippen LogP contribution in [-0.4, -0.2) is 24.5 Å². The molecule has 152 valence electrons. The summed E-state index contributed by atoms with van der Waals surface area (Å²) in [6, 6.07) is 12.7. The van der Waals surface area contributed by atoms with Crippen molar-refractivity contribution in [3.63, 3.8) is 0 Å².